The van der Waals surface area contributed by atoms with Gasteiger partial charge in [-0.05, 0) is 0 Å². The summed E-state index contributed by atoms with van der Waals surface area (Å²) in [5, 5.41) is 23.2. The van der Waals surface area contributed by atoms with Crippen molar-refractivity contribution >= 4 is 16.8 Å². The molecule has 0 heterocycles. The number of aliphatic hydroxyl groups excluding tert-OH is 2. The first-order valence-corrected chi connectivity index (χ1v) is 4.78. The van der Waals surface area contributed by atoms with Crippen molar-refractivity contribution < 1.29 is 29.7 Å². The first-order valence-electron chi connectivity index (χ1n) is 2.59. The van der Waals surface area contributed by atoms with E-state index in [9.17, 15) is 4.57 Å². The van der Waals surface area contributed by atoms with Crippen molar-refractivity contribution in [3.05, 3.63) is 0 Å². The van der Waals surface area contributed by atoms with Crippen LogP contribution in [0.2, 0.25) is 0 Å². The van der Waals surface area contributed by atoms with Gasteiger partial charge < -0.3 is 25.1 Å². The van der Waals surface area contributed by atoms with E-state index in [1.807, 2.05) is 0 Å². The fourth-order valence-corrected chi connectivity index (χ4v) is 0.904. The Labute approximate surface area is 65.2 Å². The maximum Gasteiger partial charge on any atom is 0.363 e. The van der Waals surface area contributed by atoms with Crippen LogP contribution >= 0.6 is 16.8 Å². The van der Waals surface area contributed by atoms with Crippen LogP contribution in [0.3, 0.4) is 0 Å². The summed E-state index contributed by atoms with van der Waals surface area (Å²) in [6.45, 7) is -0.925. The van der Waals surface area contributed by atoms with E-state index in [-0.39, 0.29) is 0 Å². The highest BCUT2D eigenvalue weighted by atomic mass is 31.2. The normalized spacial score (nSPS) is 20.9. The highest BCUT2D eigenvalue weighted by molar-refractivity contribution is 7.61. The molecule has 3 atom stereocenters. The lowest BCUT2D eigenvalue weighted by Crippen LogP contribution is -2.38. The summed E-state index contributed by atoms with van der Waals surface area (Å²) < 4.78 is 10.4. The quantitative estimate of drug-likeness (QED) is 0.340. The molecule has 0 amide bonds. The zero-order valence-electron chi connectivity index (χ0n) is 5.45. The van der Waals surface area contributed by atoms with E-state index in [1.165, 1.54) is 9.24 Å². The maximum atomic E-state index is 10.4. The summed E-state index contributed by atoms with van der Waals surface area (Å²) in [5.74, 6) is 0. The molecule has 0 spiro atoms. The number of hydrogen-bond acceptors (Lipinski definition) is 4. The molecule has 3 unspecified atom stereocenters. The summed E-state index contributed by atoms with van der Waals surface area (Å²) in [6, 6.07) is 0. The summed E-state index contributed by atoms with van der Waals surface area (Å²) >= 11 is 0. The predicted octanol–water partition coefficient (Wildman–Crippen LogP) is -1.96. The first kappa shape index (κ1) is 11.5. The van der Waals surface area contributed by atoms with Crippen LogP contribution < -0.4 is 0 Å². The van der Waals surface area contributed by atoms with E-state index in [1.54, 1.807) is 0 Å². The van der Waals surface area contributed by atoms with Crippen LogP contribution in [-0.2, 0) is 4.57 Å². The molecule has 0 radical (unpaired) electrons. The Morgan fingerprint density at radius 2 is 1.91 bits per heavy atom. The fraction of sp³-hybridized carbons (Fsp3) is 1.00. The summed E-state index contributed by atoms with van der Waals surface area (Å²) in [7, 11) is -3.43. The molecular formula is C3H10O6P2. The number of rotatable bonds is 3. The Kier molecular flexibility index (Phi) is 3.60. The van der Waals surface area contributed by atoms with E-state index in [0.717, 1.165) is 0 Å². The van der Waals surface area contributed by atoms with Crippen LogP contribution in [0.15, 0.2) is 0 Å². The second-order valence-corrected chi connectivity index (χ2v) is 5.20. The Bertz CT molecular complexity index is 173. The van der Waals surface area contributed by atoms with Crippen LogP contribution in [0.25, 0.3) is 0 Å². The highest BCUT2D eigenvalue weighted by Gasteiger charge is 2.46. The number of aliphatic hydroxyl groups is 3. The molecular weight excluding hydrogens is 194 g/mol. The SMILES string of the molecule is O=P(O)(O)C(O)(P)C(O)CO. The van der Waals surface area contributed by atoms with Crippen molar-refractivity contribution in [2.75, 3.05) is 6.61 Å². The van der Waals surface area contributed by atoms with Gasteiger partial charge in [0.05, 0.1) is 6.61 Å². The number of hydrogen-bond donors (Lipinski definition) is 5. The molecule has 8 heteroatoms. The molecule has 0 aliphatic carbocycles. The molecule has 0 saturated carbocycles. The van der Waals surface area contributed by atoms with Crippen molar-refractivity contribution in [1.82, 2.24) is 0 Å². The molecule has 0 aromatic carbocycles. The van der Waals surface area contributed by atoms with Gasteiger partial charge in [-0.15, -0.1) is 0 Å². The second-order valence-electron chi connectivity index (χ2n) is 2.03. The molecule has 0 aliphatic rings. The maximum absolute atomic E-state index is 10.4. The summed E-state index contributed by atoms with van der Waals surface area (Å²) in [6.07, 6.45) is -1.88. The standard InChI is InChI=1S/C3H10O6P2/c4-1-2(5)3(6,10)11(7,8)9/h2,4-6H,1,10H2,(H2,7,8,9). The average Bonchev–Trinajstić information content (AvgIpc) is 1.83. The Hall–Kier alpha value is 0.460. The topological polar surface area (TPSA) is 118 Å². The van der Waals surface area contributed by atoms with Gasteiger partial charge in [-0.3, -0.25) is 4.57 Å². The third kappa shape index (κ3) is 2.46. The van der Waals surface area contributed by atoms with Crippen molar-refractivity contribution in [3.63, 3.8) is 0 Å². The molecule has 0 aromatic rings. The smallest absolute Gasteiger partial charge is 0.363 e. The summed E-state index contributed by atoms with van der Waals surface area (Å²) in [4.78, 5) is 16.8. The minimum Gasteiger partial charge on any atom is -0.394 e. The van der Waals surface area contributed by atoms with Gasteiger partial charge in [-0.2, -0.15) is 0 Å². The van der Waals surface area contributed by atoms with Crippen molar-refractivity contribution in [2.24, 2.45) is 0 Å². The molecule has 0 aliphatic heterocycles. The van der Waals surface area contributed by atoms with Crippen LogP contribution in [0.4, 0.5) is 0 Å². The van der Waals surface area contributed by atoms with Crippen LogP contribution in [0, 0.1) is 0 Å². The lowest BCUT2D eigenvalue weighted by Gasteiger charge is -2.27. The Morgan fingerprint density at radius 1 is 1.55 bits per heavy atom. The van der Waals surface area contributed by atoms with Gasteiger partial charge in [-0.1, -0.05) is 9.24 Å². The van der Waals surface area contributed by atoms with Crippen molar-refractivity contribution in [2.45, 2.75) is 11.2 Å². The third-order valence-electron chi connectivity index (χ3n) is 1.13. The largest absolute Gasteiger partial charge is 0.394 e. The molecule has 11 heavy (non-hydrogen) atoms. The third-order valence-corrected chi connectivity index (χ3v) is 3.76. The lowest BCUT2D eigenvalue weighted by molar-refractivity contribution is -0.00558. The van der Waals surface area contributed by atoms with Crippen LogP contribution in [0.1, 0.15) is 0 Å². The van der Waals surface area contributed by atoms with Crippen LogP contribution in [0.5, 0.6) is 0 Å². The van der Waals surface area contributed by atoms with Gasteiger partial charge in [0, 0.05) is 0 Å². The molecule has 0 saturated heterocycles. The second kappa shape index (κ2) is 3.46. The van der Waals surface area contributed by atoms with Gasteiger partial charge in [0.25, 0.3) is 0 Å². The molecule has 5 N–H and O–H groups in total. The van der Waals surface area contributed by atoms with E-state index in [4.69, 9.17) is 25.1 Å². The zero-order chi connectivity index (χ0) is 9.28. The minimum absolute atomic E-state index is 0.925. The van der Waals surface area contributed by atoms with Crippen molar-refractivity contribution in [3.8, 4) is 0 Å². The minimum atomic E-state index is -4.83. The van der Waals surface area contributed by atoms with Crippen molar-refractivity contribution in [1.29, 1.82) is 0 Å². The zero-order valence-corrected chi connectivity index (χ0v) is 7.50. The Morgan fingerprint density at radius 3 is 2.00 bits per heavy atom. The Balaban J connectivity index is 4.59. The monoisotopic (exact) mass is 204 g/mol. The first-order chi connectivity index (χ1) is 4.73. The molecule has 68 valence electrons. The lowest BCUT2D eigenvalue weighted by atomic mass is 10.4. The predicted molar refractivity (Wildman–Crippen MR) is 39.8 cm³/mol. The van der Waals surface area contributed by atoms with E-state index in [2.05, 4.69) is 0 Å². The summed E-state index contributed by atoms with van der Waals surface area (Å²) in [5.41, 5.74) is 0. The van der Waals surface area contributed by atoms with Crippen LogP contribution in [-0.4, -0.2) is 42.9 Å². The molecule has 0 rings (SSSR count). The highest BCUT2D eigenvalue weighted by Crippen LogP contribution is 2.54. The van der Waals surface area contributed by atoms with Gasteiger partial charge in [0.15, 0.2) is 0 Å². The van der Waals surface area contributed by atoms with Gasteiger partial charge in [0.2, 0.25) is 5.08 Å². The van der Waals surface area contributed by atoms with E-state index < -0.39 is 25.4 Å². The van der Waals surface area contributed by atoms with Gasteiger partial charge >= 0.3 is 7.60 Å². The molecule has 0 fully saturated rings. The van der Waals surface area contributed by atoms with Gasteiger partial charge in [0.1, 0.15) is 6.10 Å². The fourth-order valence-electron chi connectivity index (χ4n) is 0.328. The molecule has 0 aromatic heterocycles. The molecule has 0 bridgehead atoms. The van der Waals surface area contributed by atoms with Gasteiger partial charge in [-0.25, -0.2) is 0 Å². The molecule has 6 nitrogen and oxygen atoms in total. The average molecular weight is 204 g/mol. The van der Waals surface area contributed by atoms with E-state index in [0.29, 0.717) is 0 Å². The van der Waals surface area contributed by atoms with E-state index >= 15 is 0 Å².